The molecule has 7 heteroatoms. The van der Waals surface area contributed by atoms with E-state index in [9.17, 15) is 4.79 Å². The van der Waals surface area contributed by atoms with Gasteiger partial charge in [0.2, 0.25) is 5.91 Å². The van der Waals surface area contributed by atoms with Crippen molar-refractivity contribution in [3.63, 3.8) is 0 Å². The zero-order valence-electron chi connectivity index (χ0n) is 15.7. The molecule has 5 nitrogen and oxygen atoms in total. The van der Waals surface area contributed by atoms with E-state index in [2.05, 4.69) is 13.8 Å². The van der Waals surface area contributed by atoms with Crippen molar-refractivity contribution in [3.8, 4) is 0 Å². The summed E-state index contributed by atoms with van der Waals surface area (Å²) in [5, 5.41) is 0.942. The van der Waals surface area contributed by atoms with Crippen molar-refractivity contribution in [1.82, 2.24) is 0 Å². The van der Waals surface area contributed by atoms with Crippen LogP contribution in [0, 0.1) is 5.41 Å². The van der Waals surface area contributed by atoms with Gasteiger partial charge in [0.05, 0.1) is 29.8 Å². The van der Waals surface area contributed by atoms with Crippen LogP contribution in [-0.4, -0.2) is 25.4 Å². The van der Waals surface area contributed by atoms with E-state index in [-0.39, 0.29) is 11.3 Å². The van der Waals surface area contributed by atoms with Crippen molar-refractivity contribution >= 4 is 40.5 Å². The lowest BCUT2D eigenvalue weighted by Gasteiger charge is -2.36. The molecule has 0 aliphatic carbocycles. The smallest absolute Gasteiger partial charge is 0.240 e. The number of nitrogens with two attached hydrogens (primary N) is 1. The van der Waals surface area contributed by atoms with Gasteiger partial charge in [-0.3, -0.25) is 4.79 Å². The molecule has 2 N–H and O–H groups in total. The standard InChI is InChI=1S/C21H22Cl2N2O3/c1-21(2)10-27-20(28-11-21)18-14-8-13(24)4-6-17(14)25(19(18)26)9-12-3-5-15(22)16(23)7-12/h3-8,18,20H,9-11,24H2,1-2H3. The van der Waals surface area contributed by atoms with Gasteiger partial charge < -0.3 is 20.1 Å². The van der Waals surface area contributed by atoms with E-state index in [0.717, 1.165) is 16.8 Å². The predicted molar refractivity (Wildman–Crippen MR) is 111 cm³/mol. The summed E-state index contributed by atoms with van der Waals surface area (Å²) in [7, 11) is 0. The second-order valence-electron chi connectivity index (χ2n) is 8.12. The summed E-state index contributed by atoms with van der Waals surface area (Å²) in [5.41, 5.74) is 9.06. The molecular weight excluding hydrogens is 399 g/mol. The molecular formula is C21H22Cl2N2O3. The fourth-order valence-electron chi connectivity index (χ4n) is 3.63. The maximum atomic E-state index is 13.4. The van der Waals surface area contributed by atoms with Crippen LogP contribution in [0.1, 0.15) is 30.9 Å². The molecule has 4 rings (SSSR count). The molecule has 1 amide bonds. The zero-order chi connectivity index (χ0) is 20.1. The van der Waals surface area contributed by atoms with Crippen LogP contribution < -0.4 is 10.6 Å². The maximum Gasteiger partial charge on any atom is 0.240 e. The lowest BCUT2D eigenvalue weighted by Crippen LogP contribution is -2.43. The molecule has 0 bridgehead atoms. The first kappa shape index (κ1) is 19.5. The van der Waals surface area contributed by atoms with Crippen molar-refractivity contribution in [3.05, 3.63) is 57.6 Å². The van der Waals surface area contributed by atoms with Crippen molar-refractivity contribution < 1.29 is 14.3 Å². The van der Waals surface area contributed by atoms with Crippen LogP contribution >= 0.6 is 23.2 Å². The number of fused-ring (bicyclic) bond motifs is 1. The fraction of sp³-hybridized carbons (Fsp3) is 0.381. The first-order chi connectivity index (χ1) is 13.2. The first-order valence-electron chi connectivity index (χ1n) is 9.13. The molecule has 0 radical (unpaired) electrons. The van der Waals surface area contributed by atoms with Gasteiger partial charge in [-0.15, -0.1) is 0 Å². The number of halogens is 2. The number of rotatable bonds is 3. The van der Waals surface area contributed by atoms with Gasteiger partial charge in [-0.1, -0.05) is 43.1 Å². The molecule has 1 atom stereocenters. The minimum absolute atomic E-state index is 0.0728. The van der Waals surface area contributed by atoms with Gasteiger partial charge in [0, 0.05) is 16.8 Å². The first-order valence-corrected chi connectivity index (χ1v) is 9.89. The summed E-state index contributed by atoms with van der Waals surface area (Å²) < 4.78 is 11.9. The van der Waals surface area contributed by atoms with E-state index < -0.39 is 12.2 Å². The third-order valence-electron chi connectivity index (χ3n) is 5.08. The number of anilines is 2. The highest BCUT2D eigenvalue weighted by atomic mass is 35.5. The Kier molecular flexibility index (Phi) is 5.04. The third kappa shape index (κ3) is 3.60. The topological polar surface area (TPSA) is 64.8 Å². The summed E-state index contributed by atoms with van der Waals surface area (Å²) in [4.78, 5) is 15.1. The van der Waals surface area contributed by atoms with E-state index in [4.69, 9.17) is 38.4 Å². The Morgan fingerprint density at radius 3 is 2.50 bits per heavy atom. The lowest BCUT2D eigenvalue weighted by atomic mass is 9.93. The SMILES string of the molecule is CC1(C)COC(C2C(=O)N(Cc3ccc(Cl)c(Cl)c3)c3ccc(N)cc32)OC1. The number of hydrogen-bond acceptors (Lipinski definition) is 4. The third-order valence-corrected chi connectivity index (χ3v) is 5.82. The van der Waals surface area contributed by atoms with E-state index >= 15 is 0 Å². The molecule has 1 unspecified atom stereocenters. The maximum absolute atomic E-state index is 13.4. The molecule has 2 aliphatic heterocycles. The van der Waals surface area contributed by atoms with E-state index in [1.807, 2.05) is 18.2 Å². The second-order valence-corrected chi connectivity index (χ2v) is 8.94. The molecule has 0 saturated carbocycles. The Hall–Kier alpha value is -1.79. The largest absolute Gasteiger partial charge is 0.399 e. The Balaban J connectivity index is 1.66. The average molecular weight is 421 g/mol. The summed E-state index contributed by atoms with van der Waals surface area (Å²) in [6, 6.07) is 10.9. The Labute approximate surface area is 174 Å². The van der Waals surface area contributed by atoms with Gasteiger partial charge in [-0.25, -0.2) is 0 Å². The minimum Gasteiger partial charge on any atom is -0.399 e. The van der Waals surface area contributed by atoms with Crippen molar-refractivity contribution in [2.45, 2.75) is 32.6 Å². The lowest BCUT2D eigenvalue weighted by molar-refractivity contribution is -0.229. The van der Waals surface area contributed by atoms with Crippen LogP contribution in [0.3, 0.4) is 0 Å². The fourth-order valence-corrected chi connectivity index (χ4v) is 3.95. The highest BCUT2D eigenvalue weighted by Gasteiger charge is 2.45. The van der Waals surface area contributed by atoms with Gasteiger partial charge in [0.15, 0.2) is 6.29 Å². The van der Waals surface area contributed by atoms with Crippen LogP contribution in [-0.2, 0) is 20.8 Å². The molecule has 1 fully saturated rings. The average Bonchev–Trinajstić information content (AvgIpc) is 2.90. The molecule has 148 valence electrons. The highest BCUT2D eigenvalue weighted by Crippen LogP contribution is 2.44. The monoisotopic (exact) mass is 420 g/mol. The summed E-state index contributed by atoms with van der Waals surface area (Å²) in [6.07, 6.45) is -0.625. The summed E-state index contributed by atoms with van der Waals surface area (Å²) in [5.74, 6) is -0.617. The molecule has 2 heterocycles. The quantitative estimate of drug-likeness (QED) is 0.736. The summed E-state index contributed by atoms with van der Waals surface area (Å²) >= 11 is 12.2. The Morgan fingerprint density at radius 1 is 1.11 bits per heavy atom. The van der Waals surface area contributed by atoms with E-state index in [0.29, 0.717) is 35.5 Å². The highest BCUT2D eigenvalue weighted by molar-refractivity contribution is 6.42. The molecule has 2 aromatic rings. The van der Waals surface area contributed by atoms with Crippen molar-refractivity contribution in [2.24, 2.45) is 5.41 Å². The number of benzene rings is 2. The number of nitrogens with zero attached hydrogens (tertiary/aromatic N) is 1. The zero-order valence-corrected chi connectivity index (χ0v) is 17.3. The van der Waals surface area contributed by atoms with Crippen LogP contribution in [0.5, 0.6) is 0 Å². The van der Waals surface area contributed by atoms with Crippen molar-refractivity contribution in [2.75, 3.05) is 23.8 Å². The molecule has 0 spiro atoms. The van der Waals surface area contributed by atoms with Crippen LogP contribution in [0.25, 0.3) is 0 Å². The molecule has 2 aromatic carbocycles. The number of amides is 1. The molecule has 2 aliphatic rings. The van der Waals surface area contributed by atoms with Crippen LogP contribution in [0.4, 0.5) is 11.4 Å². The van der Waals surface area contributed by atoms with Gasteiger partial charge in [0.1, 0.15) is 5.92 Å². The number of nitrogen functional groups attached to an aromatic ring is 1. The predicted octanol–water partition coefficient (Wildman–Crippen LogP) is 4.61. The van der Waals surface area contributed by atoms with Gasteiger partial charge in [-0.2, -0.15) is 0 Å². The van der Waals surface area contributed by atoms with E-state index in [1.54, 1.807) is 23.1 Å². The number of carbonyl (C=O) groups is 1. The molecule has 1 saturated heterocycles. The van der Waals surface area contributed by atoms with Crippen LogP contribution in [0.2, 0.25) is 10.0 Å². The number of carbonyl (C=O) groups excluding carboxylic acids is 1. The summed E-state index contributed by atoms with van der Waals surface area (Å²) in [6.45, 7) is 5.59. The van der Waals surface area contributed by atoms with Crippen molar-refractivity contribution in [1.29, 1.82) is 0 Å². The number of hydrogen-bond donors (Lipinski definition) is 1. The molecule has 28 heavy (non-hydrogen) atoms. The second kappa shape index (κ2) is 7.23. The Bertz CT molecular complexity index is 922. The van der Waals surface area contributed by atoms with E-state index in [1.165, 1.54) is 0 Å². The van der Waals surface area contributed by atoms with Crippen LogP contribution in [0.15, 0.2) is 36.4 Å². The Morgan fingerprint density at radius 2 is 1.82 bits per heavy atom. The number of ether oxygens (including phenoxy) is 2. The van der Waals surface area contributed by atoms with Gasteiger partial charge in [0.25, 0.3) is 0 Å². The normalized spacial score (nSPS) is 21.8. The van der Waals surface area contributed by atoms with Gasteiger partial charge in [-0.05, 0) is 41.5 Å². The molecule has 0 aromatic heterocycles. The van der Waals surface area contributed by atoms with Gasteiger partial charge >= 0.3 is 0 Å². The minimum atomic E-state index is -0.625.